The van der Waals surface area contributed by atoms with Crippen LogP contribution in [0, 0.1) is 5.92 Å². The molecule has 4 rings (SSSR count). The van der Waals surface area contributed by atoms with Gasteiger partial charge >= 0.3 is 0 Å². The van der Waals surface area contributed by atoms with E-state index in [1.165, 1.54) is 5.56 Å². The fraction of sp³-hybridized carbons (Fsp3) is 0.438. The molecule has 202 valence electrons. The SMILES string of the molecule is CCCC(O)(c1ccnc(Cl)c1-c1cccc(C(C)C)c1)C1CCCN(C(=O)c2ccc(CNC)cc2)C1. The summed E-state index contributed by atoms with van der Waals surface area (Å²) < 4.78 is 0. The molecule has 1 fully saturated rings. The van der Waals surface area contributed by atoms with Gasteiger partial charge in [0.2, 0.25) is 0 Å². The molecule has 0 bridgehead atoms. The Kier molecular flexibility index (Phi) is 9.24. The molecule has 2 heterocycles. The number of rotatable bonds is 9. The van der Waals surface area contributed by atoms with Crippen LogP contribution in [0.4, 0.5) is 0 Å². The van der Waals surface area contributed by atoms with Crippen molar-refractivity contribution in [1.82, 2.24) is 15.2 Å². The summed E-state index contributed by atoms with van der Waals surface area (Å²) in [5, 5.41) is 16.0. The Morgan fingerprint density at radius 3 is 2.66 bits per heavy atom. The van der Waals surface area contributed by atoms with Crippen LogP contribution in [0.3, 0.4) is 0 Å². The number of carbonyl (C=O) groups excluding carboxylic acids is 1. The number of amides is 1. The van der Waals surface area contributed by atoms with Crippen LogP contribution in [-0.4, -0.2) is 41.0 Å². The van der Waals surface area contributed by atoms with E-state index in [-0.39, 0.29) is 11.8 Å². The average molecular weight is 534 g/mol. The molecule has 1 amide bonds. The van der Waals surface area contributed by atoms with Gasteiger partial charge in [-0.2, -0.15) is 0 Å². The van der Waals surface area contributed by atoms with Crippen LogP contribution in [0.15, 0.2) is 60.8 Å². The lowest BCUT2D eigenvalue weighted by molar-refractivity contribution is -0.0556. The molecule has 0 spiro atoms. The number of aliphatic hydroxyl groups is 1. The van der Waals surface area contributed by atoms with Crippen molar-refractivity contribution in [3.8, 4) is 11.1 Å². The van der Waals surface area contributed by atoms with Crippen molar-refractivity contribution in [1.29, 1.82) is 0 Å². The molecule has 0 radical (unpaired) electrons. The maximum atomic E-state index is 13.5. The van der Waals surface area contributed by atoms with Crippen molar-refractivity contribution in [2.45, 2.75) is 64.5 Å². The Hall–Kier alpha value is -2.73. The second-order valence-corrected chi connectivity index (χ2v) is 11.2. The fourth-order valence-electron chi connectivity index (χ4n) is 5.77. The van der Waals surface area contributed by atoms with Gasteiger partial charge in [0.1, 0.15) is 5.15 Å². The van der Waals surface area contributed by atoms with Crippen LogP contribution in [0.5, 0.6) is 0 Å². The van der Waals surface area contributed by atoms with Gasteiger partial charge in [0, 0.05) is 42.9 Å². The lowest BCUT2D eigenvalue weighted by Gasteiger charge is -2.43. The molecule has 0 aliphatic carbocycles. The normalized spacial score (nSPS) is 17.4. The minimum atomic E-state index is -1.14. The van der Waals surface area contributed by atoms with Gasteiger partial charge in [-0.3, -0.25) is 4.79 Å². The van der Waals surface area contributed by atoms with Crippen LogP contribution in [0.1, 0.15) is 79.4 Å². The number of piperidine rings is 1. The minimum Gasteiger partial charge on any atom is -0.385 e. The maximum absolute atomic E-state index is 13.5. The Morgan fingerprint density at radius 2 is 1.97 bits per heavy atom. The van der Waals surface area contributed by atoms with Crippen molar-refractivity contribution in [2.24, 2.45) is 5.92 Å². The van der Waals surface area contributed by atoms with Crippen LogP contribution < -0.4 is 5.32 Å². The van der Waals surface area contributed by atoms with Crippen LogP contribution in [0.25, 0.3) is 11.1 Å². The molecular formula is C32H40ClN3O2. The number of hydrogen-bond acceptors (Lipinski definition) is 4. The molecule has 3 aromatic rings. The predicted molar refractivity (Wildman–Crippen MR) is 155 cm³/mol. The fourth-order valence-corrected chi connectivity index (χ4v) is 6.04. The van der Waals surface area contributed by atoms with E-state index >= 15 is 0 Å². The Balaban J connectivity index is 1.69. The molecule has 0 saturated carbocycles. The predicted octanol–water partition coefficient (Wildman–Crippen LogP) is 6.78. The molecule has 2 N–H and O–H groups in total. The Morgan fingerprint density at radius 1 is 1.21 bits per heavy atom. The van der Waals surface area contributed by atoms with Gasteiger partial charge in [-0.15, -0.1) is 0 Å². The van der Waals surface area contributed by atoms with Crippen molar-refractivity contribution in [3.63, 3.8) is 0 Å². The standard InChI is InChI=1S/C32H40ClN3O2/c1-5-16-32(38,28-15-17-35-30(33)29(28)26-9-6-8-25(19-26)22(2)3)27-10-7-18-36(21-27)31(37)24-13-11-23(12-14-24)20-34-4/h6,8-9,11-15,17,19,22,27,34,38H,5,7,10,16,18,20-21H2,1-4H3. The monoisotopic (exact) mass is 533 g/mol. The molecule has 2 unspecified atom stereocenters. The van der Waals surface area contributed by atoms with Crippen LogP contribution in [0.2, 0.25) is 5.15 Å². The lowest BCUT2D eigenvalue weighted by atomic mass is 9.72. The first-order valence-corrected chi connectivity index (χ1v) is 14.2. The summed E-state index contributed by atoms with van der Waals surface area (Å²) in [6.45, 7) is 8.38. The summed E-state index contributed by atoms with van der Waals surface area (Å²) in [7, 11) is 1.91. The second kappa shape index (κ2) is 12.4. The molecule has 1 aliphatic rings. The van der Waals surface area contributed by atoms with E-state index in [0.717, 1.165) is 48.1 Å². The van der Waals surface area contributed by atoms with Crippen LogP contribution in [-0.2, 0) is 12.1 Å². The topological polar surface area (TPSA) is 65.5 Å². The van der Waals surface area contributed by atoms with Crippen molar-refractivity contribution in [3.05, 3.63) is 88.2 Å². The summed E-state index contributed by atoms with van der Waals surface area (Å²) in [4.78, 5) is 19.8. The van der Waals surface area contributed by atoms with Gasteiger partial charge in [0.15, 0.2) is 0 Å². The van der Waals surface area contributed by atoms with Gasteiger partial charge in [0.05, 0.1) is 5.60 Å². The zero-order chi connectivity index (χ0) is 27.3. The maximum Gasteiger partial charge on any atom is 0.253 e. The van der Waals surface area contributed by atoms with E-state index in [9.17, 15) is 9.90 Å². The van der Waals surface area contributed by atoms with Crippen molar-refractivity contribution in [2.75, 3.05) is 20.1 Å². The van der Waals surface area contributed by atoms with Gasteiger partial charge in [-0.25, -0.2) is 4.98 Å². The summed E-state index contributed by atoms with van der Waals surface area (Å²) in [6, 6.07) is 18.1. The highest BCUT2D eigenvalue weighted by molar-refractivity contribution is 6.32. The molecule has 1 aliphatic heterocycles. The van der Waals surface area contributed by atoms with E-state index in [4.69, 9.17) is 11.6 Å². The highest BCUT2D eigenvalue weighted by Crippen LogP contribution is 2.45. The molecule has 1 saturated heterocycles. The summed E-state index contributed by atoms with van der Waals surface area (Å²) >= 11 is 6.74. The van der Waals surface area contributed by atoms with E-state index in [0.29, 0.717) is 36.1 Å². The molecule has 6 heteroatoms. The largest absolute Gasteiger partial charge is 0.385 e. The van der Waals surface area contributed by atoms with E-state index < -0.39 is 5.60 Å². The quantitative estimate of drug-likeness (QED) is 0.297. The summed E-state index contributed by atoms with van der Waals surface area (Å²) in [5.74, 6) is 0.268. The minimum absolute atomic E-state index is 0.0159. The third-order valence-corrected chi connectivity index (χ3v) is 8.10. The van der Waals surface area contributed by atoms with Gasteiger partial charge < -0.3 is 15.3 Å². The van der Waals surface area contributed by atoms with Crippen LogP contribution >= 0.6 is 11.6 Å². The number of nitrogens with zero attached hydrogens (tertiary/aromatic N) is 2. The molecule has 1 aromatic heterocycles. The summed E-state index contributed by atoms with van der Waals surface area (Å²) in [5.41, 5.74) is 4.45. The first-order chi connectivity index (χ1) is 18.3. The van der Waals surface area contributed by atoms with E-state index in [1.807, 2.05) is 54.4 Å². The molecule has 38 heavy (non-hydrogen) atoms. The van der Waals surface area contributed by atoms with Crippen molar-refractivity contribution < 1.29 is 9.90 Å². The zero-order valence-corrected chi connectivity index (χ0v) is 23.8. The van der Waals surface area contributed by atoms with E-state index in [1.54, 1.807) is 6.20 Å². The first kappa shape index (κ1) is 28.3. The smallest absolute Gasteiger partial charge is 0.253 e. The highest BCUT2D eigenvalue weighted by atomic mass is 35.5. The number of carbonyl (C=O) groups is 1. The molecular weight excluding hydrogens is 494 g/mol. The molecule has 2 atom stereocenters. The lowest BCUT2D eigenvalue weighted by Crippen LogP contribution is -2.48. The number of benzene rings is 2. The number of aromatic nitrogens is 1. The van der Waals surface area contributed by atoms with Gasteiger partial charge in [0.25, 0.3) is 5.91 Å². The van der Waals surface area contributed by atoms with E-state index in [2.05, 4.69) is 43.2 Å². The Labute approximate surface area is 232 Å². The Bertz CT molecular complexity index is 1240. The number of likely N-dealkylation sites (tertiary alicyclic amines) is 1. The molecule has 2 aromatic carbocycles. The number of pyridine rings is 1. The highest BCUT2D eigenvalue weighted by Gasteiger charge is 2.43. The van der Waals surface area contributed by atoms with Gasteiger partial charge in [-0.1, -0.05) is 75.2 Å². The third kappa shape index (κ3) is 5.96. The first-order valence-electron chi connectivity index (χ1n) is 13.8. The van der Waals surface area contributed by atoms with Crippen molar-refractivity contribution >= 4 is 17.5 Å². The molecule has 5 nitrogen and oxygen atoms in total. The third-order valence-electron chi connectivity index (χ3n) is 7.81. The van der Waals surface area contributed by atoms with Gasteiger partial charge in [-0.05, 0) is 72.7 Å². The average Bonchev–Trinajstić information content (AvgIpc) is 2.93. The number of nitrogens with one attached hydrogen (secondary N) is 1. The zero-order valence-electron chi connectivity index (χ0n) is 23.0. The second-order valence-electron chi connectivity index (χ2n) is 10.8. The number of halogens is 1. The number of hydrogen-bond donors (Lipinski definition) is 2. The summed E-state index contributed by atoms with van der Waals surface area (Å²) in [6.07, 6.45) is 4.76.